The fourth-order valence-electron chi connectivity index (χ4n) is 2.83. The average molecular weight is 381 g/mol. The molecule has 0 saturated heterocycles. The summed E-state index contributed by atoms with van der Waals surface area (Å²) in [5, 5.41) is 9.89. The summed E-state index contributed by atoms with van der Waals surface area (Å²) in [5.41, 5.74) is 2.20. The lowest BCUT2D eigenvalue weighted by molar-refractivity contribution is -0.137. The smallest absolute Gasteiger partial charge is 0.246 e. The normalized spacial score (nSPS) is 17.2. The number of aromatic hydroxyl groups is 1. The maximum atomic E-state index is 12.5. The highest BCUT2D eigenvalue weighted by Gasteiger charge is 2.25. The lowest BCUT2D eigenvalue weighted by Gasteiger charge is -2.25. The van der Waals surface area contributed by atoms with Gasteiger partial charge in [0.25, 0.3) is 0 Å². The Morgan fingerprint density at radius 3 is 2.87 bits per heavy atom. The maximum absolute atomic E-state index is 12.5. The average Bonchev–Trinajstić information content (AvgIpc) is 2.67. The van der Waals surface area contributed by atoms with Crippen LogP contribution in [0.5, 0.6) is 5.75 Å². The highest BCUT2D eigenvalue weighted by atomic mass is 79.9. The Balaban J connectivity index is 2.13. The van der Waals surface area contributed by atoms with E-state index >= 15 is 0 Å². The number of carbonyl (C=O) groups excluding carboxylic acids is 2. The number of carbonyl (C=O) groups is 2. The van der Waals surface area contributed by atoms with E-state index in [0.29, 0.717) is 17.6 Å². The summed E-state index contributed by atoms with van der Waals surface area (Å²) in [6.07, 6.45) is 1.93. The quantitative estimate of drug-likeness (QED) is 0.818. The molecule has 0 saturated carbocycles. The van der Waals surface area contributed by atoms with Gasteiger partial charge in [-0.1, -0.05) is 13.5 Å². The molecular formula is C17H21BrN2O3. The number of phenols is 1. The van der Waals surface area contributed by atoms with Gasteiger partial charge in [-0.25, -0.2) is 0 Å². The van der Waals surface area contributed by atoms with Crippen molar-refractivity contribution in [1.82, 2.24) is 9.80 Å². The SMILES string of the molecule is C=CC(=O)N(C)CC(=O)N1CCc2cc(Br)c(O)cc2C(C)C1. The van der Waals surface area contributed by atoms with E-state index in [1.807, 2.05) is 13.0 Å². The third kappa shape index (κ3) is 3.93. The highest BCUT2D eigenvalue weighted by Crippen LogP contribution is 2.33. The summed E-state index contributed by atoms with van der Waals surface area (Å²) in [7, 11) is 1.59. The number of amides is 2. The fourth-order valence-corrected chi connectivity index (χ4v) is 3.22. The Hall–Kier alpha value is -1.82. The standard InChI is InChI=1S/C17H21BrN2O3/c1-4-16(22)19(3)10-17(23)20-6-5-12-7-14(18)15(21)8-13(12)11(2)9-20/h4,7-8,11,21H,1,5-6,9-10H2,2-3H3. The summed E-state index contributed by atoms with van der Waals surface area (Å²) >= 11 is 3.34. The second-order valence-electron chi connectivity index (χ2n) is 5.89. The molecule has 1 aromatic carbocycles. The molecule has 1 atom stereocenters. The molecule has 1 aliphatic rings. The van der Waals surface area contributed by atoms with Gasteiger partial charge in [-0.05, 0) is 57.6 Å². The molecule has 0 aliphatic carbocycles. The number of halogens is 1. The Kier molecular flexibility index (Phi) is 5.46. The zero-order valence-corrected chi connectivity index (χ0v) is 15.0. The highest BCUT2D eigenvalue weighted by molar-refractivity contribution is 9.10. The Bertz CT molecular complexity index is 645. The molecule has 0 aromatic heterocycles. The summed E-state index contributed by atoms with van der Waals surface area (Å²) in [6, 6.07) is 3.69. The first kappa shape index (κ1) is 17.5. The molecule has 1 aromatic rings. The zero-order chi connectivity index (χ0) is 17.1. The van der Waals surface area contributed by atoms with Gasteiger partial charge in [0.05, 0.1) is 11.0 Å². The predicted octanol–water partition coefficient (Wildman–Crippen LogP) is 2.29. The van der Waals surface area contributed by atoms with Crippen molar-refractivity contribution in [3.63, 3.8) is 0 Å². The predicted molar refractivity (Wildman–Crippen MR) is 92.3 cm³/mol. The summed E-state index contributed by atoms with van der Waals surface area (Å²) in [4.78, 5) is 27.1. The van der Waals surface area contributed by atoms with Gasteiger partial charge in [0, 0.05) is 20.1 Å². The Labute approximate surface area is 144 Å². The molecule has 1 aliphatic heterocycles. The largest absolute Gasteiger partial charge is 0.507 e. The first-order valence-corrected chi connectivity index (χ1v) is 8.29. The number of hydrogen-bond acceptors (Lipinski definition) is 3. The minimum absolute atomic E-state index is 0.0445. The molecule has 1 unspecified atom stereocenters. The van der Waals surface area contributed by atoms with Crippen LogP contribution in [0.4, 0.5) is 0 Å². The lowest BCUT2D eigenvalue weighted by atomic mass is 9.95. The van der Waals surface area contributed by atoms with Crippen molar-refractivity contribution in [1.29, 1.82) is 0 Å². The molecule has 0 bridgehead atoms. The molecule has 124 valence electrons. The van der Waals surface area contributed by atoms with E-state index in [9.17, 15) is 14.7 Å². The van der Waals surface area contributed by atoms with Crippen molar-refractivity contribution < 1.29 is 14.7 Å². The lowest BCUT2D eigenvalue weighted by Crippen LogP contribution is -2.42. The number of fused-ring (bicyclic) bond motifs is 1. The van der Waals surface area contributed by atoms with E-state index < -0.39 is 0 Å². The van der Waals surface area contributed by atoms with E-state index in [1.54, 1.807) is 18.0 Å². The van der Waals surface area contributed by atoms with Gasteiger partial charge in [0.2, 0.25) is 11.8 Å². The van der Waals surface area contributed by atoms with Gasteiger partial charge in [-0.2, -0.15) is 0 Å². The van der Waals surface area contributed by atoms with Gasteiger partial charge in [-0.3, -0.25) is 9.59 Å². The van der Waals surface area contributed by atoms with Gasteiger partial charge in [0.1, 0.15) is 5.75 Å². The van der Waals surface area contributed by atoms with Gasteiger partial charge in [0.15, 0.2) is 0 Å². The third-order valence-electron chi connectivity index (χ3n) is 4.16. The molecule has 5 nitrogen and oxygen atoms in total. The molecule has 0 radical (unpaired) electrons. The van der Waals surface area contributed by atoms with Crippen molar-refractivity contribution in [3.8, 4) is 5.75 Å². The van der Waals surface area contributed by atoms with E-state index in [0.717, 1.165) is 17.5 Å². The van der Waals surface area contributed by atoms with E-state index in [4.69, 9.17) is 0 Å². The second kappa shape index (κ2) is 7.17. The van der Waals surface area contributed by atoms with Crippen LogP contribution in [0, 0.1) is 0 Å². The minimum atomic E-state index is -0.265. The third-order valence-corrected chi connectivity index (χ3v) is 4.80. The minimum Gasteiger partial charge on any atom is -0.507 e. The number of benzene rings is 1. The molecule has 23 heavy (non-hydrogen) atoms. The second-order valence-corrected chi connectivity index (χ2v) is 6.75. The molecule has 1 heterocycles. The van der Waals surface area contributed by atoms with Crippen LogP contribution in [-0.2, 0) is 16.0 Å². The van der Waals surface area contributed by atoms with Crippen LogP contribution in [0.15, 0.2) is 29.3 Å². The van der Waals surface area contributed by atoms with Crippen LogP contribution in [-0.4, -0.2) is 53.4 Å². The molecule has 0 fully saturated rings. The molecule has 2 rings (SSSR count). The molecule has 6 heteroatoms. The van der Waals surface area contributed by atoms with Gasteiger partial charge >= 0.3 is 0 Å². The molecular weight excluding hydrogens is 360 g/mol. The number of nitrogens with zero attached hydrogens (tertiary/aromatic N) is 2. The summed E-state index contributed by atoms with van der Waals surface area (Å²) in [5.74, 6) is -0.00782. The van der Waals surface area contributed by atoms with Gasteiger partial charge in [-0.15, -0.1) is 0 Å². The fraction of sp³-hybridized carbons (Fsp3) is 0.412. The van der Waals surface area contributed by atoms with Crippen LogP contribution >= 0.6 is 15.9 Å². The first-order chi connectivity index (χ1) is 10.8. The van der Waals surface area contributed by atoms with E-state index in [2.05, 4.69) is 22.5 Å². The molecule has 0 spiro atoms. The Morgan fingerprint density at radius 1 is 1.52 bits per heavy atom. The number of hydrogen-bond donors (Lipinski definition) is 1. The maximum Gasteiger partial charge on any atom is 0.246 e. The van der Waals surface area contributed by atoms with Crippen molar-refractivity contribution in [2.24, 2.45) is 0 Å². The molecule has 2 amide bonds. The Morgan fingerprint density at radius 2 is 2.22 bits per heavy atom. The topological polar surface area (TPSA) is 60.9 Å². The van der Waals surface area contributed by atoms with Crippen LogP contribution in [0.25, 0.3) is 0 Å². The van der Waals surface area contributed by atoms with Gasteiger partial charge < -0.3 is 14.9 Å². The number of likely N-dealkylation sites (N-methyl/N-ethyl adjacent to an activating group) is 1. The first-order valence-electron chi connectivity index (χ1n) is 7.50. The van der Waals surface area contributed by atoms with Crippen LogP contribution in [0.3, 0.4) is 0 Å². The van der Waals surface area contributed by atoms with Crippen molar-refractivity contribution >= 4 is 27.7 Å². The van der Waals surface area contributed by atoms with Crippen LogP contribution in [0.2, 0.25) is 0 Å². The summed E-state index contributed by atoms with van der Waals surface area (Å²) in [6.45, 7) is 6.68. The zero-order valence-electron chi connectivity index (χ0n) is 13.4. The number of phenolic OH excluding ortho intramolecular Hbond substituents is 1. The van der Waals surface area contributed by atoms with E-state index in [1.165, 1.54) is 11.0 Å². The molecule has 1 N–H and O–H groups in total. The van der Waals surface area contributed by atoms with Crippen LogP contribution < -0.4 is 0 Å². The van der Waals surface area contributed by atoms with Crippen molar-refractivity contribution in [3.05, 3.63) is 40.4 Å². The van der Waals surface area contributed by atoms with Crippen molar-refractivity contribution in [2.45, 2.75) is 19.3 Å². The van der Waals surface area contributed by atoms with Crippen LogP contribution in [0.1, 0.15) is 24.0 Å². The van der Waals surface area contributed by atoms with E-state index in [-0.39, 0.29) is 30.0 Å². The monoisotopic (exact) mass is 380 g/mol. The van der Waals surface area contributed by atoms with Crippen molar-refractivity contribution in [2.75, 3.05) is 26.7 Å². The number of rotatable bonds is 3. The summed E-state index contributed by atoms with van der Waals surface area (Å²) < 4.78 is 0.666.